The number of halogens is 1. The van der Waals surface area contributed by atoms with Crippen molar-refractivity contribution in [1.29, 1.82) is 0 Å². The third-order valence-electron chi connectivity index (χ3n) is 5.43. The Morgan fingerprint density at radius 2 is 1.82 bits per heavy atom. The minimum atomic E-state index is -1.59. The second-order valence-electron chi connectivity index (χ2n) is 7.59. The van der Waals surface area contributed by atoms with Gasteiger partial charge >= 0.3 is 11.9 Å². The Labute approximate surface area is 194 Å². The molecule has 3 N–H and O–H groups in total. The van der Waals surface area contributed by atoms with E-state index in [9.17, 15) is 19.8 Å². The summed E-state index contributed by atoms with van der Waals surface area (Å²) in [6, 6.07) is 16.5. The summed E-state index contributed by atoms with van der Waals surface area (Å²) in [6.07, 6.45) is 0. The van der Waals surface area contributed by atoms with Gasteiger partial charge in [-0.2, -0.15) is 10.2 Å². The second kappa shape index (κ2) is 8.48. The summed E-state index contributed by atoms with van der Waals surface area (Å²) >= 11 is 6.69. The summed E-state index contributed by atoms with van der Waals surface area (Å²) in [5, 5.41) is 31.7. The predicted molar refractivity (Wildman–Crippen MR) is 125 cm³/mol. The number of aryl methyl sites for hydroxylation is 2. The number of nitrogens with one attached hydrogen (secondary N) is 1. The molecule has 1 aliphatic rings. The van der Waals surface area contributed by atoms with Crippen molar-refractivity contribution >= 4 is 34.9 Å². The van der Waals surface area contributed by atoms with Crippen molar-refractivity contribution in [3.8, 4) is 16.9 Å². The zero-order chi connectivity index (χ0) is 23.8. The molecule has 33 heavy (non-hydrogen) atoms. The van der Waals surface area contributed by atoms with E-state index in [2.05, 4.69) is 20.8 Å². The van der Waals surface area contributed by atoms with E-state index in [1.807, 2.05) is 26.0 Å². The minimum absolute atomic E-state index is 0.0885. The molecular formula is C24H19ClN4O4. The molecule has 0 spiro atoms. The van der Waals surface area contributed by atoms with Gasteiger partial charge in [-0.1, -0.05) is 54.1 Å². The van der Waals surface area contributed by atoms with Gasteiger partial charge in [0.15, 0.2) is 5.71 Å². The highest BCUT2D eigenvalue weighted by Gasteiger charge is 2.45. The first kappa shape index (κ1) is 22.2. The zero-order valence-corrected chi connectivity index (χ0v) is 18.5. The molecule has 166 valence electrons. The number of phenols is 1. The fourth-order valence-electron chi connectivity index (χ4n) is 3.42. The highest BCUT2D eigenvalue weighted by Crippen LogP contribution is 2.39. The Kier molecular flexibility index (Phi) is 5.69. The first-order valence-corrected chi connectivity index (χ1v) is 10.3. The summed E-state index contributed by atoms with van der Waals surface area (Å²) in [7, 11) is 0. The Morgan fingerprint density at radius 3 is 2.55 bits per heavy atom. The number of nitrogens with zero attached hydrogens (tertiary/aromatic N) is 3. The fourth-order valence-corrected chi connectivity index (χ4v) is 3.70. The number of carbonyl (C=O) groups excluding carboxylic acids is 1. The predicted octanol–water partition coefficient (Wildman–Crippen LogP) is 5.23. The van der Waals surface area contributed by atoms with Crippen molar-refractivity contribution in [2.24, 2.45) is 15.3 Å². The number of phenolic OH excluding ortho intramolecular Hbond substituents is 1. The van der Waals surface area contributed by atoms with Gasteiger partial charge in [0, 0.05) is 11.1 Å². The summed E-state index contributed by atoms with van der Waals surface area (Å²) in [4.78, 5) is 22.1. The van der Waals surface area contributed by atoms with Crippen LogP contribution in [0.3, 0.4) is 0 Å². The van der Waals surface area contributed by atoms with Crippen LogP contribution in [0.4, 0.5) is 5.69 Å². The van der Waals surface area contributed by atoms with Gasteiger partial charge in [-0.3, -0.25) is 10.2 Å². The van der Waals surface area contributed by atoms with Crippen molar-refractivity contribution in [3.05, 3.63) is 82.9 Å². The largest absolute Gasteiger partial charge is 0.505 e. The number of alkyl halides is 1. The van der Waals surface area contributed by atoms with Gasteiger partial charge in [0.05, 0.1) is 11.3 Å². The van der Waals surface area contributed by atoms with Gasteiger partial charge in [0.2, 0.25) is 5.00 Å². The van der Waals surface area contributed by atoms with Crippen LogP contribution in [0.2, 0.25) is 0 Å². The molecule has 1 heterocycles. The molecule has 0 saturated carbocycles. The SMILES string of the molecule is Cc1ccc(C2(Cl)N=NC(=O)C2=NNc2cccc(-c3cccc(C(=O)O)c3)c2O)cc1C. The monoisotopic (exact) mass is 462 g/mol. The summed E-state index contributed by atoms with van der Waals surface area (Å²) in [6.45, 7) is 3.88. The topological polar surface area (TPSA) is 124 Å². The smallest absolute Gasteiger partial charge is 0.335 e. The lowest BCUT2D eigenvalue weighted by molar-refractivity contribution is -0.111. The minimum Gasteiger partial charge on any atom is -0.505 e. The third kappa shape index (κ3) is 4.08. The Bertz CT molecular complexity index is 1350. The third-order valence-corrected chi connectivity index (χ3v) is 5.90. The number of aromatic carboxylic acids is 1. The lowest BCUT2D eigenvalue weighted by atomic mass is 9.98. The zero-order valence-electron chi connectivity index (χ0n) is 17.7. The lowest BCUT2D eigenvalue weighted by Gasteiger charge is -2.18. The molecule has 3 aromatic carbocycles. The summed E-state index contributed by atoms with van der Waals surface area (Å²) in [5.74, 6) is -1.94. The van der Waals surface area contributed by atoms with E-state index >= 15 is 0 Å². The standard InChI is InChI=1S/C24H19ClN4O4/c1-13-9-10-17(11-14(13)2)24(25)21(22(31)28-29-24)27-26-19-8-4-7-18(20(19)30)15-5-3-6-16(12-15)23(32)33/h3-12,26,30H,1-2H3,(H,32,33). The number of azo groups is 1. The number of para-hydroxylation sites is 1. The molecule has 0 aromatic heterocycles. The van der Waals surface area contributed by atoms with Crippen LogP contribution < -0.4 is 5.43 Å². The maximum atomic E-state index is 12.4. The van der Waals surface area contributed by atoms with Crippen LogP contribution in [0.5, 0.6) is 5.75 Å². The van der Waals surface area contributed by atoms with E-state index < -0.39 is 16.9 Å². The number of anilines is 1. The number of aromatic hydroxyl groups is 1. The average molecular weight is 463 g/mol. The Balaban J connectivity index is 1.69. The number of carbonyl (C=O) groups is 2. The van der Waals surface area contributed by atoms with Crippen molar-refractivity contribution in [3.63, 3.8) is 0 Å². The van der Waals surface area contributed by atoms with Crippen LogP contribution in [0.15, 0.2) is 76.0 Å². The maximum absolute atomic E-state index is 12.4. The molecule has 4 rings (SSSR count). The maximum Gasteiger partial charge on any atom is 0.335 e. The van der Waals surface area contributed by atoms with E-state index in [4.69, 9.17) is 11.6 Å². The van der Waals surface area contributed by atoms with Crippen molar-refractivity contribution < 1.29 is 19.8 Å². The molecule has 0 radical (unpaired) electrons. The van der Waals surface area contributed by atoms with Gasteiger partial charge < -0.3 is 10.2 Å². The highest BCUT2D eigenvalue weighted by atomic mass is 35.5. The second-order valence-corrected chi connectivity index (χ2v) is 8.13. The number of amides is 1. The number of hydrogen-bond donors (Lipinski definition) is 3. The molecule has 1 amide bonds. The van der Waals surface area contributed by atoms with Crippen LogP contribution in [0.1, 0.15) is 27.0 Å². The van der Waals surface area contributed by atoms with Crippen LogP contribution in [-0.2, 0) is 9.79 Å². The van der Waals surface area contributed by atoms with Crippen LogP contribution in [0, 0.1) is 13.8 Å². The molecule has 0 fully saturated rings. The number of rotatable bonds is 5. The molecule has 0 aliphatic carbocycles. The van der Waals surface area contributed by atoms with Crippen LogP contribution >= 0.6 is 11.6 Å². The molecule has 3 aromatic rings. The summed E-state index contributed by atoms with van der Waals surface area (Å²) < 4.78 is 0. The first-order valence-electron chi connectivity index (χ1n) is 9.94. The highest BCUT2D eigenvalue weighted by molar-refractivity contribution is 6.55. The number of benzene rings is 3. The van der Waals surface area contributed by atoms with Gasteiger partial charge in [-0.25, -0.2) is 4.79 Å². The molecule has 0 bridgehead atoms. The number of hydrazone groups is 1. The van der Waals surface area contributed by atoms with Crippen molar-refractivity contribution in [2.45, 2.75) is 18.8 Å². The molecule has 1 unspecified atom stereocenters. The normalized spacial score (nSPS) is 18.6. The first-order chi connectivity index (χ1) is 15.7. The molecular weight excluding hydrogens is 444 g/mol. The van der Waals surface area contributed by atoms with E-state index in [-0.39, 0.29) is 22.7 Å². The van der Waals surface area contributed by atoms with E-state index in [1.54, 1.807) is 36.4 Å². The number of carboxylic acids is 1. The number of carboxylic acid groups (broad SMARTS) is 1. The van der Waals surface area contributed by atoms with Gasteiger partial charge in [-0.15, -0.1) is 5.11 Å². The summed E-state index contributed by atoms with van der Waals surface area (Å²) in [5.41, 5.74) is 6.31. The average Bonchev–Trinajstić information content (AvgIpc) is 3.09. The Morgan fingerprint density at radius 1 is 1.06 bits per heavy atom. The fraction of sp³-hybridized carbons (Fsp3) is 0.125. The molecule has 1 atom stereocenters. The van der Waals surface area contributed by atoms with Crippen LogP contribution in [0.25, 0.3) is 11.1 Å². The number of hydrogen-bond acceptors (Lipinski definition) is 6. The molecule has 8 nitrogen and oxygen atoms in total. The van der Waals surface area contributed by atoms with Gasteiger partial charge in [-0.05, 0) is 48.7 Å². The van der Waals surface area contributed by atoms with E-state index in [1.165, 1.54) is 12.1 Å². The van der Waals surface area contributed by atoms with E-state index in [0.717, 1.165) is 11.1 Å². The quantitative estimate of drug-likeness (QED) is 0.207. The van der Waals surface area contributed by atoms with Crippen molar-refractivity contribution in [1.82, 2.24) is 0 Å². The van der Waals surface area contributed by atoms with Crippen LogP contribution in [-0.4, -0.2) is 27.8 Å². The van der Waals surface area contributed by atoms with Crippen molar-refractivity contribution in [2.75, 3.05) is 5.43 Å². The van der Waals surface area contributed by atoms with Gasteiger partial charge in [0.25, 0.3) is 0 Å². The lowest BCUT2D eigenvalue weighted by Crippen LogP contribution is -2.29. The Hall–Kier alpha value is -4.04. The molecule has 9 heteroatoms. The van der Waals surface area contributed by atoms with Gasteiger partial charge in [0.1, 0.15) is 5.75 Å². The molecule has 0 saturated heterocycles. The molecule has 1 aliphatic heterocycles. The van der Waals surface area contributed by atoms with E-state index in [0.29, 0.717) is 16.7 Å².